The molecule has 7 unspecified atom stereocenters. The normalized spacial score (nSPS) is 42.1. The molecule has 4 aliphatic carbocycles. The van der Waals surface area contributed by atoms with Gasteiger partial charge in [-0.1, -0.05) is 26.0 Å². The van der Waals surface area contributed by atoms with Gasteiger partial charge in [0.1, 0.15) is 0 Å². The Bertz CT molecular complexity index is 1050. The van der Waals surface area contributed by atoms with E-state index in [0.29, 0.717) is 10.8 Å². The zero-order valence-corrected chi connectivity index (χ0v) is 22.2. The van der Waals surface area contributed by atoms with Crippen LogP contribution in [-0.2, 0) is 0 Å². The van der Waals surface area contributed by atoms with Crippen LogP contribution in [0, 0.1) is 34.5 Å². The van der Waals surface area contributed by atoms with Crippen LogP contribution in [0.4, 0.5) is 0 Å². The topological polar surface area (TPSA) is 24.9 Å². The highest BCUT2D eigenvalue weighted by Crippen LogP contribution is 2.69. The monoisotopic (exact) mass is 458 g/mol. The summed E-state index contributed by atoms with van der Waals surface area (Å²) in [6, 6.07) is 10.1. The van der Waals surface area contributed by atoms with E-state index in [9.17, 15) is 0 Å². The second kappa shape index (κ2) is 8.05. The van der Waals surface area contributed by atoms with Crippen LogP contribution in [0.3, 0.4) is 0 Å². The van der Waals surface area contributed by atoms with Crippen molar-refractivity contribution in [2.75, 3.05) is 0 Å². The van der Waals surface area contributed by atoms with Gasteiger partial charge in [-0.2, -0.15) is 0 Å². The third-order valence-corrected chi connectivity index (χ3v) is 11.4. The number of hydrogen-bond donors (Lipinski definition) is 1. The Kier molecular flexibility index (Phi) is 5.45. The molecule has 6 rings (SSSR count). The fraction of sp³-hybridized carbons (Fsp3) is 0.719. The second-order valence-corrected chi connectivity index (χ2v) is 14.2. The molecule has 184 valence electrons. The Labute approximate surface area is 207 Å². The average Bonchev–Trinajstić information content (AvgIpc) is 3.15. The lowest BCUT2D eigenvalue weighted by atomic mass is 9.44. The Morgan fingerprint density at radius 2 is 1.65 bits per heavy atom. The number of rotatable bonds is 2. The number of fused-ring (bicyclic) bond motifs is 6. The number of aromatic nitrogens is 1. The number of nitrogens with one attached hydrogen (secondary N) is 1. The lowest BCUT2D eigenvalue weighted by Gasteiger charge is -2.61. The third-order valence-electron chi connectivity index (χ3n) is 11.4. The molecule has 0 radical (unpaired) electrons. The molecule has 0 bridgehead atoms. The van der Waals surface area contributed by atoms with E-state index in [2.05, 4.69) is 75.4 Å². The van der Waals surface area contributed by atoms with Crippen molar-refractivity contribution >= 4 is 10.8 Å². The summed E-state index contributed by atoms with van der Waals surface area (Å²) >= 11 is 0. The fourth-order valence-corrected chi connectivity index (χ4v) is 9.87. The first kappa shape index (κ1) is 23.0. The molecule has 1 N–H and O–H groups in total. The Morgan fingerprint density at radius 1 is 0.853 bits per heavy atom. The summed E-state index contributed by atoms with van der Waals surface area (Å²) < 4.78 is 0. The minimum absolute atomic E-state index is 0.236. The second-order valence-electron chi connectivity index (χ2n) is 14.2. The van der Waals surface area contributed by atoms with Crippen LogP contribution in [0.1, 0.15) is 104 Å². The van der Waals surface area contributed by atoms with E-state index in [1.807, 2.05) is 6.20 Å². The number of pyridine rings is 1. The minimum atomic E-state index is 0.236. The van der Waals surface area contributed by atoms with Gasteiger partial charge in [-0.15, -0.1) is 0 Å². The minimum Gasteiger partial charge on any atom is -0.309 e. The van der Waals surface area contributed by atoms with E-state index >= 15 is 0 Å². The lowest BCUT2D eigenvalue weighted by Crippen LogP contribution is -2.56. The first-order valence-corrected chi connectivity index (χ1v) is 14.3. The highest BCUT2D eigenvalue weighted by Gasteiger charge is 2.60. The van der Waals surface area contributed by atoms with Crippen molar-refractivity contribution in [3.05, 3.63) is 42.2 Å². The third kappa shape index (κ3) is 3.66. The van der Waals surface area contributed by atoms with E-state index in [0.717, 1.165) is 35.6 Å². The van der Waals surface area contributed by atoms with Crippen molar-refractivity contribution in [1.29, 1.82) is 0 Å². The molecule has 2 heteroatoms. The van der Waals surface area contributed by atoms with Crippen molar-refractivity contribution in [2.24, 2.45) is 34.5 Å². The highest BCUT2D eigenvalue weighted by atomic mass is 15.0. The largest absolute Gasteiger partial charge is 0.309 e. The standard InChI is InChI=1S/C32H46N2/c1-30(2,3)34-25-12-15-31(4)24(19-25)8-9-26-28-11-10-27(32(28,5)16-13-29(26)31)22-7-6-21-14-17-33-20-23(21)18-22/h6-7,14,17-18,20,24-29,34H,8-13,15-16,19H2,1-5H3/t24?,25?,26?,27?,28-,29?,31?,32?/m0/s1. The van der Waals surface area contributed by atoms with Gasteiger partial charge < -0.3 is 5.32 Å². The molecule has 0 saturated heterocycles. The van der Waals surface area contributed by atoms with Crippen LogP contribution in [0.15, 0.2) is 36.7 Å². The van der Waals surface area contributed by atoms with Crippen LogP contribution >= 0.6 is 0 Å². The molecule has 0 aliphatic heterocycles. The van der Waals surface area contributed by atoms with Gasteiger partial charge in [0.2, 0.25) is 0 Å². The highest BCUT2D eigenvalue weighted by molar-refractivity contribution is 5.82. The number of hydrogen-bond acceptors (Lipinski definition) is 2. The van der Waals surface area contributed by atoms with Gasteiger partial charge in [0.15, 0.2) is 0 Å². The van der Waals surface area contributed by atoms with Crippen LogP contribution in [0.5, 0.6) is 0 Å². The fourth-order valence-electron chi connectivity index (χ4n) is 9.87. The molecule has 2 nitrogen and oxygen atoms in total. The predicted octanol–water partition coefficient (Wildman–Crippen LogP) is 8.12. The maximum absolute atomic E-state index is 4.40. The Morgan fingerprint density at radius 3 is 2.47 bits per heavy atom. The van der Waals surface area contributed by atoms with E-state index in [-0.39, 0.29) is 5.54 Å². The average molecular weight is 459 g/mol. The van der Waals surface area contributed by atoms with Crippen molar-refractivity contribution in [2.45, 2.75) is 110 Å². The smallest absolute Gasteiger partial charge is 0.0346 e. The molecule has 8 atom stereocenters. The molecule has 4 saturated carbocycles. The van der Waals surface area contributed by atoms with Gasteiger partial charge >= 0.3 is 0 Å². The lowest BCUT2D eigenvalue weighted by molar-refractivity contribution is -0.110. The van der Waals surface area contributed by atoms with Gasteiger partial charge in [-0.25, -0.2) is 0 Å². The van der Waals surface area contributed by atoms with Crippen LogP contribution in [0.2, 0.25) is 0 Å². The number of benzene rings is 1. The summed E-state index contributed by atoms with van der Waals surface area (Å²) in [7, 11) is 0. The number of nitrogens with zero attached hydrogens (tertiary/aromatic N) is 1. The van der Waals surface area contributed by atoms with Gasteiger partial charge in [-0.3, -0.25) is 4.98 Å². The van der Waals surface area contributed by atoms with Crippen molar-refractivity contribution < 1.29 is 0 Å². The van der Waals surface area contributed by atoms with E-state index < -0.39 is 0 Å². The van der Waals surface area contributed by atoms with Crippen LogP contribution in [-0.4, -0.2) is 16.6 Å². The summed E-state index contributed by atoms with van der Waals surface area (Å²) in [5, 5.41) is 6.59. The van der Waals surface area contributed by atoms with E-state index in [1.165, 1.54) is 68.6 Å². The molecule has 0 spiro atoms. The summed E-state index contributed by atoms with van der Waals surface area (Å²) in [6.07, 6.45) is 16.9. The molecule has 1 aromatic heterocycles. The SMILES string of the molecule is CC(C)(C)NC1CCC2(C)C(CCC3C2CCC2(C)C(c4ccc5ccncc5c4)CC[C@@H]32)C1. The Balaban J connectivity index is 1.23. The molecular weight excluding hydrogens is 412 g/mol. The molecule has 4 fully saturated rings. The molecule has 34 heavy (non-hydrogen) atoms. The zero-order chi connectivity index (χ0) is 23.7. The Hall–Kier alpha value is -1.41. The van der Waals surface area contributed by atoms with Crippen molar-refractivity contribution in [1.82, 2.24) is 10.3 Å². The van der Waals surface area contributed by atoms with Crippen molar-refractivity contribution in [3.8, 4) is 0 Å². The first-order valence-electron chi connectivity index (χ1n) is 14.3. The molecular formula is C32H46N2. The van der Waals surface area contributed by atoms with Crippen molar-refractivity contribution in [3.63, 3.8) is 0 Å². The quantitative estimate of drug-likeness (QED) is 0.491. The van der Waals surface area contributed by atoms with Gasteiger partial charge in [-0.05, 0) is 142 Å². The summed E-state index contributed by atoms with van der Waals surface area (Å²) in [4.78, 5) is 4.40. The van der Waals surface area contributed by atoms with Gasteiger partial charge in [0.25, 0.3) is 0 Å². The summed E-state index contributed by atoms with van der Waals surface area (Å²) in [5.74, 6) is 4.49. The summed E-state index contributed by atoms with van der Waals surface area (Å²) in [6.45, 7) is 12.4. The molecule has 2 aromatic rings. The summed E-state index contributed by atoms with van der Waals surface area (Å²) in [5.41, 5.74) is 2.87. The predicted molar refractivity (Wildman–Crippen MR) is 143 cm³/mol. The van der Waals surface area contributed by atoms with Gasteiger partial charge in [0, 0.05) is 29.4 Å². The van der Waals surface area contributed by atoms with E-state index in [4.69, 9.17) is 0 Å². The van der Waals surface area contributed by atoms with Gasteiger partial charge in [0.05, 0.1) is 0 Å². The maximum Gasteiger partial charge on any atom is 0.0346 e. The first-order chi connectivity index (χ1) is 16.2. The van der Waals surface area contributed by atoms with Crippen LogP contribution < -0.4 is 5.32 Å². The molecule has 0 amide bonds. The molecule has 4 aliphatic rings. The zero-order valence-electron chi connectivity index (χ0n) is 22.2. The molecule has 1 aromatic carbocycles. The maximum atomic E-state index is 4.40. The van der Waals surface area contributed by atoms with Crippen LogP contribution in [0.25, 0.3) is 10.8 Å². The van der Waals surface area contributed by atoms with E-state index in [1.54, 1.807) is 5.56 Å². The molecule has 1 heterocycles.